The first-order chi connectivity index (χ1) is 14.6. The third kappa shape index (κ3) is 4.88. The van der Waals surface area contributed by atoms with E-state index in [0.29, 0.717) is 10.6 Å². The fourth-order valence-corrected chi connectivity index (χ4v) is 5.17. The molecular formula is C22H24N4O2S2. The summed E-state index contributed by atoms with van der Waals surface area (Å²) in [5, 5.41) is 8.73. The van der Waals surface area contributed by atoms with Crippen LogP contribution in [0.15, 0.2) is 41.8 Å². The number of anilines is 2. The smallest absolute Gasteiger partial charge is 0.321 e. The van der Waals surface area contributed by atoms with Crippen LogP contribution in [0.2, 0.25) is 0 Å². The number of nitrogens with zero attached hydrogens (tertiary/aromatic N) is 2. The van der Waals surface area contributed by atoms with Crippen LogP contribution in [0.3, 0.4) is 0 Å². The molecule has 1 saturated heterocycles. The minimum atomic E-state index is -0.172. The van der Waals surface area contributed by atoms with Gasteiger partial charge in [0.25, 0.3) is 5.91 Å². The topological polar surface area (TPSA) is 74.3 Å². The lowest BCUT2D eigenvalue weighted by Crippen LogP contribution is -2.35. The fourth-order valence-electron chi connectivity index (χ4n) is 3.41. The molecule has 0 unspecified atom stereocenters. The molecule has 2 aromatic heterocycles. The minimum Gasteiger partial charge on any atom is -0.325 e. The molecule has 3 amide bonds. The number of nitrogens with one attached hydrogen (secondary N) is 2. The zero-order valence-corrected chi connectivity index (χ0v) is 18.4. The van der Waals surface area contributed by atoms with Gasteiger partial charge in [0.05, 0.1) is 10.6 Å². The molecule has 6 nitrogen and oxygen atoms in total. The van der Waals surface area contributed by atoms with E-state index < -0.39 is 0 Å². The van der Waals surface area contributed by atoms with Crippen LogP contribution < -0.4 is 10.6 Å². The third-order valence-electron chi connectivity index (χ3n) is 5.02. The summed E-state index contributed by atoms with van der Waals surface area (Å²) in [6.45, 7) is 3.47. The second-order valence-electron chi connectivity index (χ2n) is 7.27. The van der Waals surface area contributed by atoms with Gasteiger partial charge in [0.2, 0.25) is 0 Å². The van der Waals surface area contributed by atoms with E-state index in [2.05, 4.69) is 15.6 Å². The Labute approximate surface area is 184 Å². The SMILES string of the molecule is Cc1nc(-c2cccs2)sc1C(=O)Nc1ccc(NC(=O)N2CCCCCC2)cc1. The molecule has 3 aromatic rings. The van der Waals surface area contributed by atoms with Crippen molar-refractivity contribution in [3.05, 3.63) is 52.3 Å². The number of benzene rings is 1. The van der Waals surface area contributed by atoms with Gasteiger partial charge < -0.3 is 15.5 Å². The molecule has 0 spiro atoms. The van der Waals surface area contributed by atoms with E-state index in [4.69, 9.17) is 0 Å². The molecule has 0 bridgehead atoms. The van der Waals surface area contributed by atoms with E-state index >= 15 is 0 Å². The molecule has 0 aliphatic carbocycles. The first kappa shape index (κ1) is 20.6. The number of carbonyl (C=O) groups is 2. The summed E-state index contributed by atoms with van der Waals surface area (Å²) >= 11 is 3.01. The van der Waals surface area contributed by atoms with Gasteiger partial charge in [-0.15, -0.1) is 22.7 Å². The molecule has 1 aliphatic heterocycles. The first-order valence-corrected chi connectivity index (χ1v) is 11.8. The number of likely N-dealkylation sites (tertiary alicyclic amines) is 1. The van der Waals surface area contributed by atoms with Gasteiger partial charge in [-0.1, -0.05) is 18.9 Å². The summed E-state index contributed by atoms with van der Waals surface area (Å²) in [6.07, 6.45) is 4.49. The maximum Gasteiger partial charge on any atom is 0.321 e. The second kappa shape index (κ2) is 9.40. The van der Waals surface area contributed by atoms with E-state index in [-0.39, 0.29) is 11.9 Å². The molecule has 4 rings (SSSR count). The van der Waals surface area contributed by atoms with Gasteiger partial charge in [-0.05, 0) is 55.5 Å². The summed E-state index contributed by atoms with van der Waals surface area (Å²) in [5.41, 5.74) is 2.12. The predicted molar refractivity (Wildman–Crippen MR) is 124 cm³/mol. The van der Waals surface area contributed by atoms with E-state index in [1.165, 1.54) is 24.2 Å². The molecule has 0 saturated carbocycles. The predicted octanol–water partition coefficient (Wildman–Crippen LogP) is 5.84. The Balaban J connectivity index is 1.37. The molecule has 2 N–H and O–H groups in total. The average Bonchev–Trinajstić information content (AvgIpc) is 3.32. The Morgan fingerprint density at radius 2 is 1.63 bits per heavy atom. The highest BCUT2D eigenvalue weighted by Crippen LogP contribution is 2.31. The van der Waals surface area contributed by atoms with Crippen LogP contribution in [-0.2, 0) is 0 Å². The number of aromatic nitrogens is 1. The first-order valence-electron chi connectivity index (χ1n) is 10.1. The van der Waals surface area contributed by atoms with Gasteiger partial charge in [-0.25, -0.2) is 9.78 Å². The molecule has 3 heterocycles. The van der Waals surface area contributed by atoms with Crippen molar-refractivity contribution in [1.29, 1.82) is 0 Å². The molecular weight excluding hydrogens is 416 g/mol. The highest BCUT2D eigenvalue weighted by Gasteiger charge is 2.18. The fraction of sp³-hybridized carbons (Fsp3) is 0.318. The number of thiophene rings is 1. The zero-order chi connectivity index (χ0) is 20.9. The van der Waals surface area contributed by atoms with Crippen molar-refractivity contribution in [3.8, 4) is 9.88 Å². The standard InChI is InChI=1S/C22H24N4O2S2/c1-15-19(30-21(23-15)18-7-6-14-29-18)20(27)24-16-8-10-17(11-9-16)25-22(28)26-12-4-2-3-5-13-26/h6-11,14H,2-5,12-13H2,1H3,(H,24,27)(H,25,28). The van der Waals surface area contributed by atoms with Crippen LogP contribution >= 0.6 is 22.7 Å². The maximum atomic E-state index is 12.7. The monoisotopic (exact) mass is 440 g/mol. The summed E-state index contributed by atoms with van der Waals surface area (Å²) in [4.78, 5) is 33.2. The van der Waals surface area contributed by atoms with Gasteiger partial charge in [0.15, 0.2) is 0 Å². The van der Waals surface area contributed by atoms with E-state index in [0.717, 1.165) is 47.2 Å². The van der Waals surface area contributed by atoms with E-state index in [9.17, 15) is 9.59 Å². The van der Waals surface area contributed by atoms with E-state index in [1.54, 1.807) is 23.5 Å². The molecule has 0 radical (unpaired) electrons. The number of hydrogen-bond donors (Lipinski definition) is 2. The summed E-state index contributed by atoms with van der Waals surface area (Å²) < 4.78 is 0. The summed E-state index contributed by atoms with van der Waals surface area (Å²) in [6, 6.07) is 11.1. The van der Waals surface area contributed by atoms with Gasteiger partial charge in [0, 0.05) is 24.5 Å². The highest BCUT2D eigenvalue weighted by molar-refractivity contribution is 7.22. The molecule has 30 heavy (non-hydrogen) atoms. The van der Waals surface area contributed by atoms with Crippen molar-refractivity contribution in [2.75, 3.05) is 23.7 Å². The number of carbonyl (C=O) groups excluding carboxylic acids is 2. The second-order valence-corrected chi connectivity index (χ2v) is 9.22. The van der Waals surface area contributed by atoms with Crippen LogP contribution in [0, 0.1) is 6.92 Å². The van der Waals surface area contributed by atoms with Crippen molar-refractivity contribution in [2.24, 2.45) is 0 Å². The average molecular weight is 441 g/mol. The van der Waals surface area contributed by atoms with Gasteiger partial charge in [0.1, 0.15) is 9.88 Å². The van der Waals surface area contributed by atoms with Crippen molar-refractivity contribution < 1.29 is 9.59 Å². The number of aryl methyl sites for hydroxylation is 1. The molecule has 1 aliphatic rings. The Morgan fingerprint density at radius 1 is 0.967 bits per heavy atom. The zero-order valence-electron chi connectivity index (χ0n) is 16.8. The summed E-state index contributed by atoms with van der Waals surface area (Å²) in [7, 11) is 0. The number of urea groups is 1. The van der Waals surface area contributed by atoms with Crippen molar-refractivity contribution >= 4 is 46.0 Å². The van der Waals surface area contributed by atoms with Gasteiger partial charge in [-0.3, -0.25) is 4.79 Å². The third-order valence-corrected chi connectivity index (χ3v) is 7.22. The van der Waals surface area contributed by atoms with Crippen LogP contribution in [-0.4, -0.2) is 34.9 Å². The molecule has 8 heteroatoms. The Hall–Kier alpha value is -2.71. The lowest BCUT2D eigenvalue weighted by molar-refractivity contribution is 0.102. The molecule has 1 fully saturated rings. The number of thiazole rings is 1. The summed E-state index contributed by atoms with van der Waals surface area (Å²) in [5.74, 6) is -0.172. The lowest BCUT2D eigenvalue weighted by Gasteiger charge is -2.20. The Bertz CT molecular complexity index is 1000. The quantitative estimate of drug-likeness (QED) is 0.535. The van der Waals surface area contributed by atoms with Crippen molar-refractivity contribution in [3.63, 3.8) is 0 Å². The lowest BCUT2D eigenvalue weighted by atomic mass is 10.2. The van der Waals surface area contributed by atoms with E-state index in [1.807, 2.05) is 41.5 Å². The highest BCUT2D eigenvalue weighted by atomic mass is 32.1. The van der Waals surface area contributed by atoms with Crippen LogP contribution in [0.1, 0.15) is 41.0 Å². The van der Waals surface area contributed by atoms with Gasteiger partial charge >= 0.3 is 6.03 Å². The van der Waals surface area contributed by atoms with Crippen molar-refractivity contribution in [1.82, 2.24) is 9.88 Å². The molecule has 0 atom stereocenters. The van der Waals surface area contributed by atoms with Crippen LogP contribution in [0.4, 0.5) is 16.2 Å². The van der Waals surface area contributed by atoms with Crippen LogP contribution in [0.5, 0.6) is 0 Å². The normalized spacial score (nSPS) is 14.2. The van der Waals surface area contributed by atoms with Crippen LogP contribution in [0.25, 0.3) is 9.88 Å². The van der Waals surface area contributed by atoms with Crippen molar-refractivity contribution in [2.45, 2.75) is 32.6 Å². The largest absolute Gasteiger partial charge is 0.325 e. The number of hydrogen-bond acceptors (Lipinski definition) is 5. The Kier molecular flexibility index (Phi) is 6.44. The number of rotatable bonds is 4. The van der Waals surface area contributed by atoms with Gasteiger partial charge in [-0.2, -0.15) is 0 Å². The molecule has 156 valence electrons. The minimum absolute atomic E-state index is 0.0601. The molecule has 1 aromatic carbocycles. The Morgan fingerprint density at radius 3 is 2.27 bits per heavy atom. The maximum absolute atomic E-state index is 12.7. The number of amides is 3.